The van der Waals surface area contributed by atoms with E-state index in [1.165, 1.54) is 19.4 Å². The Labute approximate surface area is 112 Å². The first-order valence-corrected chi connectivity index (χ1v) is 7.74. The molecule has 0 aromatic rings. The first kappa shape index (κ1) is 14.3. The second-order valence-corrected chi connectivity index (χ2v) is 6.58. The molecule has 2 N–H and O–H groups in total. The summed E-state index contributed by atoms with van der Waals surface area (Å²) in [5.74, 6) is 2.41. The highest BCUT2D eigenvalue weighted by molar-refractivity contribution is 4.90. The summed E-state index contributed by atoms with van der Waals surface area (Å²) in [4.78, 5) is 2.46. The summed E-state index contributed by atoms with van der Waals surface area (Å²) < 4.78 is 0. The minimum atomic E-state index is -0.0830. The van der Waals surface area contributed by atoms with Gasteiger partial charge in [0, 0.05) is 25.7 Å². The van der Waals surface area contributed by atoms with E-state index < -0.39 is 0 Å². The van der Waals surface area contributed by atoms with Crippen LogP contribution in [0.3, 0.4) is 0 Å². The van der Waals surface area contributed by atoms with Gasteiger partial charge in [0.2, 0.25) is 0 Å². The van der Waals surface area contributed by atoms with Crippen LogP contribution in [0.25, 0.3) is 0 Å². The van der Waals surface area contributed by atoms with E-state index in [0.717, 1.165) is 43.8 Å². The molecular formula is C15H30N2O. The number of hydrogen-bond acceptors (Lipinski definition) is 3. The van der Waals surface area contributed by atoms with E-state index in [9.17, 15) is 5.11 Å². The Balaban J connectivity index is 1.93. The van der Waals surface area contributed by atoms with Crippen LogP contribution >= 0.6 is 0 Å². The molecule has 0 aromatic carbocycles. The molecule has 0 bridgehead atoms. The van der Waals surface area contributed by atoms with Crippen LogP contribution in [0.5, 0.6) is 0 Å². The van der Waals surface area contributed by atoms with Crippen molar-refractivity contribution in [2.24, 2.45) is 17.8 Å². The summed E-state index contributed by atoms with van der Waals surface area (Å²) in [5.41, 5.74) is 0. The van der Waals surface area contributed by atoms with Gasteiger partial charge in [-0.2, -0.15) is 0 Å². The van der Waals surface area contributed by atoms with Gasteiger partial charge in [-0.1, -0.05) is 20.8 Å². The maximum Gasteiger partial charge on any atom is 0.0679 e. The summed E-state index contributed by atoms with van der Waals surface area (Å²) in [6.45, 7) is 11.2. The Kier molecular flexibility index (Phi) is 5.05. The zero-order chi connectivity index (χ0) is 13.1. The number of rotatable bonds is 4. The molecule has 1 aliphatic heterocycles. The molecule has 0 spiro atoms. The number of β-amino-alcohol motifs (C(OH)–C–C–N with tert-alkyl or cyclic N) is 1. The second-order valence-electron chi connectivity index (χ2n) is 6.58. The average Bonchev–Trinajstić information content (AvgIpc) is 2.69. The predicted octanol–water partition coefficient (Wildman–Crippen LogP) is 1.71. The highest BCUT2D eigenvalue weighted by Gasteiger charge is 2.35. The third-order valence-corrected chi connectivity index (χ3v) is 4.86. The van der Waals surface area contributed by atoms with Gasteiger partial charge in [0.1, 0.15) is 0 Å². The molecule has 2 aliphatic rings. The minimum Gasteiger partial charge on any atom is -0.392 e. The number of aliphatic hydroxyl groups excluding tert-OH is 1. The van der Waals surface area contributed by atoms with Crippen molar-refractivity contribution in [3.63, 3.8) is 0 Å². The maximum atomic E-state index is 9.65. The lowest BCUT2D eigenvalue weighted by Gasteiger charge is -2.41. The van der Waals surface area contributed by atoms with Crippen LogP contribution in [-0.4, -0.2) is 48.3 Å². The molecule has 106 valence electrons. The van der Waals surface area contributed by atoms with Gasteiger partial charge in [-0.3, -0.25) is 0 Å². The van der Waals surface area contributed by atoms with Crippen LogP contribution < -0.4 is 5.32 Å². The maximum absolute atomic E-state index is 9.65. The summed E-state index contributed by atoms with van der Waals surface area (Å²) in [7, 11) is 0. The van der Waals surface area contributed by atoms with Crippen molar-refractivity contribution in [1.29, 1.82) is 0 Å². The van der Waals surface area contributed by atoms with Crippen LogP contribution in [0, 0.1) is 17.8 Å². The SMILES string of the molecule is CCNC1CC(C)CC(C)C1CN1CCC(O)C1. The lowest BCUT2D eigenvalue weighted by atomic mass is 9.72. The van der Waals surface area contributed by atoms with Crippen molar-refractivity contribution in [3.05, 3.63) is 0 Å². The standard InChI is InChI=1S/C15H30N2O/c1-4-16-15-8-11(2)7-12(3)14(15)10-17-6-5-13(18)9-17/h11-16,18H,4-10H2,1-3H3. The predicted molar refractivity (Wildman–Crippen MR) is 75.6 cm³/mol. The van der Waals surface area contributed by atoms with Gasteiger partial charge in [0.25, 0.3) is 0 Å². The molecule has 1 aliphatic carbocycles. The zero-order valence-electron chi connectivity index (χ0n) is 12.2. The molecule has 1 saturated heterocycles. The van der Waals surface area contributed by atoms with Crippen LogP contribution in [-0.2, 0) is 0 Å². The number of likely N-dealkylation sites (tertiary alicyclic amines) is 1. The Hall–Kier alpha value is -0.120. The van der Waals surface area contributed by atoms with Crippen LogP contribution in [0.1, 0.15) is 40.0 Å². The van der Waals surface area contributed by atoms with E-state index in [2.05, 4.69) is 31.0 Å². The zero-order valence-corrected chi connectivity index (χ0v) is 12.2. The average molecular weight is 254 g/mol. The van der Waals surface area contributed by atoms with Crippen LogP contribution in [0.15, 0.2) is 0 Å². The quantitative estimate of drug-likeness (QED) is 0.802. The van der Waals surface area contributed by atoms with E-state index in [-0.39, 0.29) is 6.10 Å². The molecule has 1 heterocycles. The Morgan fingerprint density at radius 2 is 2.06 bits per heavy atom. The fraction of sp³-hybridized carbons (Fsp3) is 1.00. The molecule has 3 nitrogen and oxygen atoms in total. The monoisotopic (exact) mass is 254 g/mol. The smallest absolute Gasteiger partial charge is 0.0679 e. The first-order chi connectivity index (χ1) is 8.60. The molecule has 5 atom stereocenters. The van der Waals surface area contributed by atoms with E-state index in [1.54, 1.807) is 0 Å². The van der Waals surface area contributed by atoms with E-state index >= 15 is 0 Å². The van der Waals surface area contributed by atoms with Crippen LogP contribution in [0.4, 0.5) is 0 Å². The number of hydrogen-bond donors (Lipinski definition) is 2. The first-order valence-electron chi connectivity index (χ1n) is 7.74. The molecule has 0 radical (unpaired) electrons. The van der Waals surface area contributed by atoms with Gasteiger partial charge in [0.05, 0.1) is 6.10 Å². The fourth-order valence-corrected chi connectivity index (χ4v) is 3.99. The number of nitrogens with one attached hydrogen (secondary N) is 1. The summed E-state index contributed by atoms with van der Waals surface area (Å²) in [6, 6.07) is 0.673. The lowest BCUT2D eigenvalue weighted by Crippen LogP contribution is -2.48. The fourth-order valence-electron chi connectivity index (χ4n) is 3.99. The highest BCUT2D eigenvalue weighted by Crippen LogP contribution is 2.34. The third-order valence-electron chi connectivity index (χ3n) is 4.86. The summed E-state index contributed by atoms with van der Waals surface area (Å²) in [6.07, 6.45) is 3.56. The summed E-state index contributed by atoms with van der Waals surface area (Å²) in [5, 5.41) is 13.3. The molecular weight excluding hydrogens is 224 g/mol. The lowest BCUT2D eigenvalue weighted by molar-refractivity contribution is 0.103. The molecule has 2 rings (SSSR count). The largest absolute Gasteiger partial charge is 0.392 e. The van der Waals surface area contributed by atoms with E-state index in [1.807, 2.05) is 0 Å². The normalized spacial score (nSPS) is 42.3. The van der Waals surface area contributed by atoms with Gasteiger partial charge >= 0.3 is 0 Å². The summed E-state index contributed by atoms with van der Waals surface area (Å²) >= 11 is 0. The number of nitrogens with zero attached hydrogens (tertiary/aromatic N) is 1. The van der Waals surface area contributed by atoms with Gasteiger partial charge < -0.3 is 15.3 Å². The molecule has 5 unspecified atom stereocenters. The molecule has 0 amide bonds. The van der Waals surface area contributed by atoms with E-state index in [0.29, 0.717) is 6.04 Å². The van der Waals surface area contributed by atoms with Gasteiger partial charge in [-0.25, -0.2) is 0 Å². The molecule has 3 heteroatoms. The number of aliphatic hydroxyl groups is 1. The van der Waals surface area contributed by atoms with Gasteiger partial charge in [-0.05, 0) is 43.6 Å². The highest BCUT2D eigenvalue weighted by atomic mass is 16.3. The molecule has 0 aromatic heterocycles. The van der Waals surface area contributed by atoms with Crippen molar-refractivity contribution in [3.8, 4) is 0 Å². The van der Waals surface area contributed by atoms with Crippen molar-refractivity contribution in [2.45, 2.75) is 52.2 Å². The van der Waals surface area contributed by atoms with Crippen molar-refractivity contribution >= 4 is 0 Å². The minimum absolute atomic E-state index is 0.0830. The van der Waals surface area contributed by atoms with Crippen molar-refractivity contribution in [2.75, 3.05) is 26.2 Å². The topological polar surface area (TPSA) is 35.5 Å². The van der Waals surface area contributed by atoms with Crippen molar-refractivity contribution < 1.29 is 5.11 Å². The molecule has 1 saturated carbocycles. The Morgan fingerprint density at radius 3 is 2.67 bits per heavy atom. The van der Waals surface area contributed by atoms with Gasteiger partial charge in [0.15, 0.2) is 0 Å². The van der Waals surface area contributed by atoms with E-state index in [4.69, 9.17) is 0 Å². The third kappa shape index (κ3) is 3.46. The molecule has 2 fully saturated rings. The van der Waals surface area contributed by atoms with Gasteiger partial charge in [-0.15, -0.1) is 0 Å². The second kappa shape index (κ2) is 6.36. The Bertz CT molecular complexity index is 259. The van der Waals surface area contributed by atoms with Crippen molar-refractivity contribution in [1.82, 2.24) is 10.2 Å². The van der Waals surface area contributed by atoms with Crippen LogP contribution in [0.2, 0.25) is 0 Å². The molecule has 18 heavy (non-hydrogen) atoms. The Morgan fingerprint density at radius 1 is 1.28 bits per heavy atom.